The van der Waals surface area contributed by atoms with Gasteiger partial charge in [0.15, 0.2) is 0 Å². The Morgan fingerprint density at radius 3 is 3.12 bits per heavy atom. The van der Waals surface area contributed by atoms with E-state index in [9.17, 15) is 13.6 Å². The Bertz CT molecular complexity index is 378. The molecule has 1 aliphatic heterocycles. The van der Waals surface area contributed by atoms with Crippen LogP contribution in [0.15, 0.2) is 12.4 Å². The van der Waals surface area contributed by atoms with Crippen molar-refractivity contribution >= 4 is 5.91 Å². The largest absolute Gasteiger partial charge is 0.356 e. The molecular weight excluding hydrogens is 216 g/mol. The average Bonchev–Trinajstić information content (AvgIpc) is 2.66. The van der Waals surface area contributed by atoms with Gasteiger partial charge in [0.1, 0.15) is 6.54 Å². The maximum absolute atomic E-state index is 12.1. The summed E-state index contributed by atoms with van der Waals surface area (Å²) in [5.74, 6) is -0.275. The summed E-state index contributed by atoms with van der Waals surface area (Å²) in [6.45, 7) is 0.273. The normalized spacial score (nSPS) is 21.2. The molecule has 1 amide bonds. The number of carbonyl (C=O) groups is 1. The van der Waals surface area contributed by atoms with E-state index in [2.05, 4.69) is 10.4 Å². The minimum atomic E-state index is -2.42. The number of halogens is 2. The number of alkyl halides is 2. The van der Waals surface area contributed by atoms with Crippen molar-refractivity contribution in [2.75, 3.05) is 6.54 Å². The second kappa shape index (κ2) is 4.59. The average molecular weight is 229 g/mol. The second-order valence-electron chi connectivity index (χ2n) is 3.87. The van der Waals surface area contributed by atoms with Crippen LogP contribution in [-0.4, -0.2) is 28.7 Å². The summed E-state index contributed by atoms with van der Waals surface area (Å²) in [4.78, 5) is 11.5. The first-order chi connectivity index (χ1) is 7.66. The predicted molar refractivity (Wildman–Crippen MR) is 53.2 cm³/mol. The van der Waals surface area contributed by atoms with Gasteiger partial charge in [-0.25, -0.2) is 8.78 Å². The zero-order chi connectivity index (χ0) is 11.5. The third-order valence-electron chi connectivity index (χ3n) is 2.67. The summed E-state index contributed by atoms with van der Waals surface area (Å²) < 4.78 is 25.4. The Labute approximate surface area is 91.6 Å². The molecule has 2 heterocycles. The molecule has 16 heavy (non-hydrogen) atoms. The van der Waals surface area contributed by atoms with Crippen LogP contribution in [-0.2, 0) is 11.3 Å². The lowest BCUT2D eigenvalue weighted by atomic mass is 9.93. The lowest BCUT2D eigenvalue weighted by Gasteiger charge is -2.20. The summed E-state index contributed by atoms with van der Waals surface area (Å²) in [6.07, 6.45) is 2.27. The van der Waals surface area contributed by atoms with Crippen LogP contribution in [0.1, 0.15) is 24.3 Å². The van der Waals surface area contributed by atoms with Crippen LogP contribution >= 0.6 is 0 Å². The molecule has 0 aliphatic carbocycles. The lowest BCUT2D eigenvalue weighted by molar-refractivity contribution is -0.123. The maximum atomic E-state index is 12.1. The van der Waals surface area contributed by atoms with E-state index in [1.54, 1.807) is 0 Å². The van der Waals surface area contributed by atoms with Crippen molar-refractivity contribution < 1.29 is 13.6 Å². The summed E-state index contributed by atoms with van der Waals surface area (Å²) in [6, 6.07) is 0. The zero-order valence-electron chi connectivity index (χ0n) is 8.70. The molecule has 1 aromatic heterocycles. The number of nitrogens with zero attached hydrogens (tertiary/aromatic N) is 2. The zero-order valence-corrected chi connectivity index (χ0v) is 8.70. The Kier molecular flexibility index (Phi) is 3.17. The highest BCUT2D eigenvalue weighted by atomic mass is 19.3. The molecule has 1 atom stereocenters. The molecule has 0 spiro atoms. The van der Waals surface area contributed by atoms with Crippen molar-refractivity contribution in [3.63, 3.8) is 0 Å². The molecule has 4 nitrogen and oxygen atoms in total. The van der Waals surface area contributed by atoms with Gasteiger partial charge in [-0.15, -0.1) is 0 Å². The molecule has 0 radical (unpaired) electrons. The van der Waals surface area contributed by atoms with E-state index in [0.717, 1.165) is 18.4 Å². The molecule has 1 N–H and O–H groups in total. The highest BCUT2D eigenvalue weighted by Crippen LogP contribution is 2.23. The Morgan fingerprint density at radius 1 is 1.62 bits per heavy atom. The van der Waals surface area contributed by atoms with Crippen LogP contribution in [0.2, 0.25) is 0 Å². The van der Waals surface area contributed by atoms with Gasteiger partial charge in [-0.1, -0.05) is 0 Å². The molecule has 6 heteroatoms. The Morgan fingerprint density at radius 2 is 2.44 bits per heavy atom. The number of aromatic nitrogens is 2. The van der Waals surface area contributed by atoms with E-state index < -0.39 is 13.0 Å². The predicted octanol–water partition coefficient (Wildman–Crippen LogP) is 1.14. The van der Waals surface area contributed by atoms with Gasteiger partial charge >= 0.3 is 0 Å². The van der Waals surface area contributed by atoms with Crippen LogP contribution in [0.5, 0.6) is 0 Å². The fraction of sp³-hybridized carbons (Fsp3) is 0.600. The maximum Gasteiger partial charge on any atom is 0.257 e. The van der Waals surface area contributed by atoms with Gasteiger partial charge in [0.2, 0.25) is 5.91 Å². The highest BCUT2D eigenvalue weighted by Gasteiger charge is 2.25. The van der Waals surface area contributed by atoms with Crippen LogP contribution in [0.25, 0.3) is 0 Å². The van der Waals surface area contributed by atoms with Gasteiger partial charge in [-0.3, -0.25) is 9.48 Å². The quantitative estimate of drug-likeness (QED) is 0.844. The van der Waals surface area contributed by atoms with Gasteiger partial charge in [-0.2, -0.15) is 5.10 Å². The highest BCUT2D eigenvalue weighted by molar-refractivity contribution is 5.84. The summed E-state index contributed by atoms with van der Waals surface area (Å²) in [5.41, 5.74) is 0.720. The van der Waals surface area contributed by atoms with Gasteiger partial charge in [0, 0.05) is 18.3 Å². The van der Waals surface area contributed by atoms with E-state index >= 15 is 0 Å². The van der Waals surface area contributed by atoms with Crippen molar-refractivity contribution in [3.05, 3.63) is 18.0 Å². The van der Waals surface area contributed by atoms with E-state index in [4.69, 9.17) is 0 Å². The molecule has 0 aromatic carbocycles. The SMILES string of the molecule is O=C1NCCCC1c1cnn(CC(F)F)c1. The minimum absolute atomic E-state index is 0.0390. The molecule has 88 valence electrons. The molecule has 1 aliphatic rings. The fourth-order valence-electron chi connectivity index (χ4n) is 1.89. The van der Waals surface area contributed by atoms with Gasteiger partial charge in [0.05, 0.1) is 12.1 Å². The first-order valence-electron chi connectivity index (χ1n) is 5.25. The number of rotatable bonds is 3. The summed E-state index contributed by atoms with van der Waals surface area (Å²) in [7, 11) is 0. The molecule has 1 unspecified atom stereocenters. The molecule has 1 fully saturated rings. The van der Waals surface area contributed by atoms with E-state index in [-0.39, 0.29) is 11.8 Å². The molecule has 1 saturated heterocycles. The number of amides is 1. The van der Waals surface area contributed by atoms with Crippen molar-refractivity contribution in [1.29, 1.82) is 0 Å². The number of hydrogen-bond donors (Lipinski definition) is 1. The molecule has 0 bridgehead atoms. The minimum Gasteiger partial charge on any atom is -0.356 e. The van der Waals surface area contributed by atoms with Gasteiger partial charge < -0.3 is 5.32 Å². The fourth-order valence-corrected chi connectivity index (χ4v) is 1.89. The van der Waals surface area contributed by atoms with E-state index in [1.165, 1.54) is 17.1 Å². The van der Waals surface area contributed by atoms with E-state index in [1.807, 2.05) is 0 Å². The third-order valence-corrected chi connectivity index (χ3v) is 2.67. The topological polar surface area (TPSA) is 46.9 Å². The van der Waals surface area contributed by atoms with Crippen LogP contribution in [0.3, 0.4) is 0 Å². The monoisotopic (exact) mass is 229 g/mol. The van der Waals surface area contributed by atoms with Crippen molar-refractivity contribution in [1.82, 2.24) is 15.1 Å². The van der Waals surface area contributed by atoms with Crippen LogP contribution in [0.4, 0.5) is 8.78 Å². The van der Waals surface area contributed by atoms with Gasteiger partial charge in [0.25, 0.3) is 6.43 Å². The van der Waals surface area contributed by atoms with E-state index in [0.29, 0.717) is 6.54 Å². The number of carbonyl (C=O) groups excluding carboxylic acids is 1. The van der Waals surface area contributed by atoms with Crippen LogP contribution < -0.4 is 5.32 Å². The Balaban J connectivity index is 2.08. The van der Waals surface area contributed by atoms with Crippen molar-refractivity contribution in [2.45, 2.75) is 31.7 Å². The number of hydrogen-bond acceptors (Lipinski definition) is 2. The summed E-state index contributed by atoms with van der Waals surface area (Å²) >= 11 is 0. The van der Waals surface area contributed by atoms with Crippen molar-refractivity contribution in [3.8, 4) is 0 Å². The van der Waals surface area contributed by atoms with Crippen LogP contribution in [0, 0.1) is 0 Å². The van der Waals surface area contributed by atoms with Gasteiger partial charge in [-0.05, 0) is 12.8 Å². The summed E-state index contributed by atoms with van der Waals surface area (Å²) in [5, 5.41) is 6.58. The molecule has 1 aromatic rings. The number of piperidine rings is 1. The smallest absolute Gasteiger partial charge is 0.257 e. The Hall–Kier alpha value is -1.46. The van der Waals surface area contributed by atoms with Crippen molar-refractivity contribution in [2.24, 2.45) is 0 Å². The third kappa shape index (κ3) is 2.37. The first kappa shape index (κ1) is 11.0. The number of nitrogens with one attached hydrogen (secondary N) is 1. The lowest BCUT2D eigenvalue weighted by Crippen LogP contribution is -2.34. The first-order valence-corrected chi connectivity index (χ1v) is 5.25. The molecular formula is C10H13F2N3O. The second-order valence-corrected chi connectivity index (χ2v) is 3.87. The standard InChI is InChI=1S/C10H13F2N3O/c11-9(12)6-15-5-7(4-14-15)8-2-1-3-13-10(8)16/h4-5,8-9H,1-3,6H2,(H,13,16). The molecule has 0 saturated carbocycles. The molecule has 2 rings (SSSR count).